The fourth-order valence-electron chi connectivity index (χ4n) is 0.310. The number of oxime groups is 1. The third kappa shape index (κ3) is 3.49. The maximum Gasteiger partial charge on any atom is 0.129 e. The van der Waals surface area contributed by atoms with Crippen LogP contribution in [0.1, 0.15) is 34.6 Å². The zero-order valence-corrected chi connectivity index (χ0v) is 7.51. The summed E-state index contributed by atoms with van der Waals surface area (Å²) in [4.78, 5) is 5.12. The molecule has 1 atom stereocenters. The highest BCUT2D eigenvalue weighted by Gasteiger charge is 2.21. The van der Waals surface area contributed by atoms with Crippen LogP contribution >= 0.6 is 0 Å². The van der Waals surface area contributed by atoms with E-state index in [0.717, 1.165) is 0 Å². The molecule has 0 heterocycles. The van der Waals surface area contributed by atoms with Crippen molar-refractivity contribution in [3.63, 3.8) is 0 Å². The standard InChI is InChI=1S/C8H17NO/c1-6-9-10-7(2)8(3,4)5/h6-7H,1-5H3. The summed E-state index contributed by atoms with van der Waals surface area (Å²) in [6.45, 7) is 10.2. The number of hydrogen-bond donors (Lipinski definition) is 0. The number of rotatable bonds is 2. The Labute approximate surface area is 63.3 Å². The zero-order chi connectivity index (χ0) is 8.20. The smallest absolute Gasteiger partial charge is 0.129 e. The average Bonchev–Trinajstić information content (AvgIpc) is 1.80. The van der Waals surface area contributed by atoms with Gasteiger partial charge in [0.1, 0.15) is 6.10 Å². The van der Waals surface area contributed by atoms with Crippen molar-refractivity contribution < 1.29 is 4.84 Å². The molecule has 2 nitrogen and oxygen atoms in total. The predicted molar refractivity (Wildman–Crippen MR) is 44.2 cm³/mol. The van der Waals surface area contributed by atoms with E-state index in [-0.39, 0.29) is 11.5 Å². The molecule has 0 amide bonds. The first-order chi connectivity index (χ1) is 4.48. The molecule has 0 radical (unpaired) electrons. The molecule has 0 aliphatic rings. The summed E-state index contributed by atoms with van der Waals surface area (Å²) in [5.41, 5.74) is 0.173. The van der Waals surface area contributed by atoms with Gasteiger partial charge in [-0.2, -0.15) is 0 Å². The van der Waals surface area contributed by atoms with E-state index in [9.17, 15) is 0 Å². The van der Waals surface area contributed by atoms with Crippen LogP contribution < -0.4 is 0 Å². The number of hydrogen-bond acceptors (Lipinski definition) is 2. The van der Waals surface area contributed by atoms with Gasteiger partial charge in [-0.1, -0.05) is 25.9 Å². The van der Waals surface area contributed by atoms with Crippen molar-refractivity contribution >= 4 is 6.21 Å². The Kier molecular flexibility index (Phi) is 3.40. The average molecular weight is 143 g/mol. The van der Waals surface area contributed by atoms with Gasteiger partial charge in [-0.05, 0) is 13.8 Å². The van der Waals surface area contributed by atoms with E-state index in [0.29, 0.717) is 0 Å². The van der Waals surface area contributed by atoms with Crippen LogP contribution in [0.4, 0.5) is 0 Å². The first-order valence-corrected chi connectivity index (χ1v) is 3.62. The maximum atomic E-state index is 5.12. The molecule has 60 valence electrons. The van der Waals surface area contributed by atoms with Crippen LogP contribution in [-0.4, -0.2) is 12.3 Å². The highest BCUT2D eigenvalue weighted by Crippen LogP contribution is 2.21. The summed E-state index contributed by atoms with van der Waals surface area (Å²) in [5, 5.41) is 3.71. The van der Waals surface area contributed by atoms with Crippen LogP contribution in [0.15, 0.2) is 5.16 Å². The molecule has 0 aromatic rings. The second-order valence-electron chi connectivity index (χ2n) is 3.48. The molecular weight excluding hydrogens is 126 g/mol. The molecule has 0 aliphatic heterocycles. The van der Waals surface area contributed by atoms with Gasteiger partial charge in [-0.25, -0.2) is 0 Å². The van der Waals surface area contributed by atoms with Crippen molar-refractivity contribution in [1.82, 2.24) is 0 Å². The first kappa shape index (κ1) is 9.47. The third-order valence-corrected chi connectivity index (χ3v) is 1.54. The van der Waals surface area contributed by atoms with Crippen LogP contribution in [0.2, 0.25) is 0 Å². The minimum Gasteiger partial charge on any atom is -0.393 e. The van der Waals surface area contributed by atoms with Gasteiger partial charge in [0.05, 0.1) is 0 Å². The van der Waals surface area contributed by atoms with Gasteiger partial charge in [0, 0.05) is 11.6 Å². The molecular formula is C8H17NO. The lowest BCUT2D eigenvalue weighted by Crippen LogP contribution is -2.24. The summed E-state index contributed by atoms with van der Waals surface area (Å²) in [6, 6.07) is 0. The fourth-order valence-corrected chi connectivity index (χ4v) is 0.310. The molecule has 0 aromatic carbocycles. The Bertz CT molecular complexity index is 113. The summed E-state index contributed by atoms with van der Waals surface area (Å²) in [6.07, 6.45) is 1.83. The number of nitrogens with zero attached hydrogens (tertiary/aromatic N) is 1. The monoisotopic (exact) mass is 143 g/mol. The molecule has 2 heteroatoms. The highest BCUT2D eigenvalue weighted by molar-refractivity contribution is 5.52. The van der Waals surface area contributed by atoms with Crippen molar-refractivity contribution in [2.24, 2.45) is 10.6 Å². The SMILES string of the molecule is CC=NOC(C)C(C)(C)C. The van der Waals surface area contributed by atoms with Gasteiger partial charge in [-0.3, -0.25) is 0 Å². The summed E-state index contributed by atoms with van der Waals surface area (Å²) >= 11 is 0. The van der Waals surface area contributed by atoms with Gasteiger partial charge < -0.3 is 4.84 Å². The first-order valence-electron chi connectivity index (χ1n) is 3.62. The van der Waals surface area contributed by atoms with E-state index in [1.54, 1.807) is 6.21 Å². The van der Waals surface area contributed by atoms with E-state index < -0.39 is 0 Å². The van der Waals surface area contributed by atoms with Crippen LogP contribution in [0.25, 0.3) is 0 Å². The minimum absolute atomic E-state index is 0.170. The molecule has 0 aromatic heterocycles. The van der Waals surface area contributed by atoms with E-state index >= 15 is 0 Å². The summed E-state index contributed by atoms with van der Waals surface area (Å²) < 4.78 is 0. The Morgan fingerprint density at radius 1 is 1.40 bits per heavy atom. The zero-order valence-electron chi connectivity index (χ0n) is 7.51. The lowest BCUT2D eigenvalue weighted by Gasteiger charge is -2.24. The molecule has 10 heavy (non-hydrogen) atoms. The highest BCUT2D eigenvalue weighted by atomic mass is 16.6. The van der Waals surface area contributed by atoms with E-state index in [1.165, 1.54) is 0 Å². The van der Waals surface area contributed by atoms with Gasteiger partial charge in [0.2, 0.25) is 0 Å². The Balaban J connectivity index is 3.73. The van der Waals surface area contributed by atoms with Crippen molar-refractivity contribution in [3.05, 3.63) is 0 Å². The van der Waals surface area contributed by atoms with Gasteiger partial charge in [-0.15, -0.1) is 0 Å². The minimum atomic E-state index is 0.170. The molecule has 0 rings (SSSR count). The predicted octanol–water partition coefficient (Wildman–Crippen LogP) is 2.44. The van der Waals surface area contributed by atoms with Crippen molar-refractivity contribution in [2.45, 2.75) is 40.7 Å². The van der Waals surface area contributed by atoms with Crippen LogP contribution in [-0.2, 0) is 4.84 Å². The Morgan fingerprint density at radius 2 is 1.90 bits per heavy atom. The van der Waals surface area contributed by atoms with E-state index in [1.807, 2.05) is 13.8 Å². The Hall–Kier alpha value is -0.530. The quantitative estimate of drug-likeness (QED) is 0.430. The Morgan fingerprint density at radius 3 is 2.20 bits per heavy atom. The van der Waals surface area contributed by atoms with E-state index in [2.05, 4.69) is 25.9 Å². The third-order valence-electron chi connectivity index (χ3n) is 1.54. The fraction of sp³-hybridized carbons (Fsp3) is 0.875. The second kappa shape index (κ2) is 3.59. The van der Waals surface area contributed by atoms with Gasteiger partial charge in [0.25, 0.3) is 0 Å². The van der Waals surface area contributed by atoms with Crippen LogP contribution in [0, 0.1) is 5.41 Å². The summed E-state index contributed by atoms with van der Waals surface area (Å²) in [7, 11) is 0. The van der Waals surface area contributed by atoms with Crippen LogP contribution in [0.3, 0.4) is 0 Å². The van der Waals surface area contributed by atoms with Gasteiger partial charge >= 0.3 is 0 Å². The van der Waals surface area contributed by atoms with Crippen LogP contribution in [0.5, 0.6) is 0 Å². The molecule has 0 fully saturated rings. The van der Waals surface area contributed by atoms with Gasteiger partial charge in [0.15, 0.2) is 0 Å². The molecule has 0 saturated heterocycles. The maximum absolute atomic E-state index is 5.12. The second-order valence-corrected chi connectivity index (χ2v) is 3.48. The topological polar surface area (TPSA) is 21.6 Å². The molecule has 0 bridgehead atoms. The van der Waals surface area contributed by atoms with E-state index in [4.69, 9.17) is 4.84 Å². The van der Waals surface area contributed by atoms with Crippen molar-refractivity contribution in [3.8, 4) is 0 Å². The molecule has 0 saturated carbocycles. The largest absolute Gasteiger partial charge is 0.393 e. The lowest BCUT2D eigenvalue weighted by molar-refractivity contribution is -0.000744. The lowest BCUT2D eigenvalue weighted by atomic mass is 9.90. The molecule has 0 spiro atoms. The van der Waals surface area contributed by atoms with Crippen molar-refractivity contribution in [1.29, 1.82) is 0 Å². The molecule has 0 aliphatic carbocycles. The molecule has 1 unspecified atom stereocenters. The normalized spacial score (nSPS) is 15.7. The molecule has 0 N–H and O–H groups in total. The summed E-state index contributed by atoms with van der Waals surface area (Å²) in [5.74, 6) is 0. The van der Waals surface area contributed by atoms with Crippen molar-refractivity contribution in [2.75, 3.05) is 0 Å².